The summed E-state index contributed by atoms with van der Waals surface area (Å²) < 4.78 is 11.1. The number of anilines is 1. The molecule has 2 aliphatic carbocycles. The zero-order valence-corrected chi connectivity index (χ0v) is 21.4. The summed E-state index contributed by atoms with van der Waals surface area (Å²) in [5, 5.41) is 8.01. The van der Waals surface area contributed by atoms with Gasteiger partial charge in [0.2, 0.25) is 0 Å². The van der Waals surface area contributed by atoms with Gasteiger partial charge < -0.3 is 14.6 Å². The molecule has 188 valence electrons. The molecule has 1 saturated carbocycles. The third kappa shape index (κ3) is 4.43. The summed E-state index contributed by atoms with van der Waals surface area (Å²) in [5.74, 6) is 0.680. The fraction of sp³-hybridized carbons (Fsp3) is 0.312. The minimum absolute atomic E-state index is 0.101. The highest BCUT2D eigenvalue weighted by molar-refractivity contribution is 5.87. The Hall–Kier alpha value is -3.86. The Morgan fingerprint density at radius 2 is 1.62 bits per heavy atom. The summed E-state index contributed by atoms with van der Waals surface area (Å²) in [6.07, 6.45) is 4.91. The third-order valence-electron chi connectivity index (χ3n) is 7.89. The van der Waals surface area contributed by atoms with E-state index in [0.717, 1.165) is 71.5 Å². The van der Waals surface area contributed by atoms with Crippen molar-refractivity contribution in [3.63, 3.8) is 0 Å². The molecule has 4 aromatic rings. The molecule has 5 nitrogen and oxygen atoms in total. The third-order valence-corrected chi connectivity index (χ3v) is 7.89. The van der Waals surface area contributed by atoms with Crippen LogP contribution >= 0.6 is 0 Å². The van der Waals surface area contributed by atoms with Crippen LogP contribution in [-0.2, 0) is 27.8 Å². The van der Waals surface area contributed by atoms with Gasteiger partial charge in [-0.05, 0) is 73.8 Å². The highest BCUT2D eigenvalue weighted by atomic mass is 16.5. The highest BCUT2D eigenvalue weighted by Crippen LogP contribution is 2.49. The first-order valence-electron chi connectivity index (χ1n) is 13.3. The van der Waals surface area contributed by atoms with Gasteiger partial charge in [0.15, 0.2) is 5.76 Å². The van der Waals surface area contributed by atoms with Crippen LogP contribution in [0.3, 0.4) is 0 Å². The van der Waals surface area contributed by atoms with Crippen LogP contribution in [0, 0.1) is 6.92 Å². The number of benzene rings is 3. The van der Waals surface area contributed by atoms with E-state index in [1.807, 2.05) is 13.8 Å². The van der Waals surface area contributed by atoms with E-state index in [1.165, 1.54) is 11.1 Å². The van der Waals surface area contributed by atoms with Gasteiger partial charge >= 0.3 is 5.97 Å². The Morgan fingerprint density at radius 3 is 2.30 bits per heavy atom. The zero-order valence-electron chi connectivity index (χ0n) is 21.4. The topological polar surface area (TPSA) is 64.4 Å². The van der Waals surface area contributed by atoms with Gasteiger partial charge in [0.05, 0.1) is 12.0 Å². The molecule has 1 aromatic heterocycles. The first-order valence-corrected chi connectivity index (χ1v) is 13.3. The Balaban J connectivity index is 1.19. The minimum atomic E-state index is -0.438. The van der Waals surface area contributed by atoms with E-state index in [-0.39, 0.29) is 5.97 Å². The van der Waals surface area contributed by atoms with Crippen molar-refractivity contribution in [3.05, 3.63) is 95.2 Å². The van der Waals surface area contributed by atoms with E-state index < -0.39 is 5.41 Å². The lowest BCUT2D eigenvalue weighted by atomic mass is 9.88. The van der Waals surface area contributed by atoms with E-state index in [4.69, 9.17) is 9.26 Å². The van der Waals surface area contributed by atoms with Crippen molar-refractivity contribution in [2.75, 3.05) is 11.9 Å². The van der Waals surface area contributed by atoms with Crippen LogP contribution in [-0.4, -0.2) is 23.8 Å². The maximum atomic E-state index is 12.4. The number of nitrogens with one attached hydrogen (secondary N) is 1. The van der Waals surface area contributed by atoms with E-state index >= 15 is 0 Å². The Kier molecular flexibility index (Phi) is 6.07. The monoisotopic (exact) mass is 492 g/mol. The fourth-order valence-corrected chi connectivity index (χ4v) is 5.56. The molecule has 37 heavy (non-hydrogen) atoms. The lowest BCUT2D eigenvalue weighted by molar-refractivity contribution is -0.146. The quantitative estimate of drug-likeness (QED) is 0.285. The van der Waals surface area contributed by atoms with Crippen molar-refractivity contribution in [1.29, 1.82) is 0 Å². The second kappa shape index (κ2) is 9.55. The standard InChI is InChI=1S/C32H32N2O3/c1-3-36-31(35)32(18-19-32)27-15-12-24(13-16-27)23-8-10-25(11-9-23)30-29(21(2)34-37-30)33-28-17-14-22-6-4-5-7-26(22)20-28/h4-13,15-16,28,33H,3,14,17-20H2,1-2H3. The normalized spacial score (nSPS) is 17.6. The highest BCUT2D eigenvalue weighted by Gasteiger charge is 2.52. The number of carbonyl (C=O) groups excluding carboxylic acids is 1. The molecule has 3 aromatic carbocycles. The molecular weight excluding hydrogens is 460 g/mol. The van der Waals surface area contributed by atoms with Gasteiger partial charge in [0, 0.05) is 11.6 Å². The minimum Gasteiger partial charge on any atom is -0.465 e. The number of carbonyl (C=O) groups is 1. The number of aromatic nitrogens is 1. The number of aryl methyl sites for hydroxylation is 2. The van der Waals surface area contributed by atoms with Crippen molar-refractivity contribution in [2.24, 2.45) is 0 Å². The van der Waals surface area contributed by atoms with Crippen LogP contribution in [0.2, 0.25) is 0 Å². The van der Waals surface area contributed by atoms with Crippen molar-refractivity contribution in [1.82, 2.24) is 5.16 Å². The van der Waals surface area contributed by atoms with Crippen LogP contribution in [0.25, 0.3) is 22.5 Å². The summed E-state index contributed by atoms with van der Waals surface area (Å²) in [6.45, 7) is 4.27. The molecule has 0 saturated heterocycles. The predicted molar refractivity (Wildman–Crippen MR) is 146 cm³/mol. The second-order valence-electron chi connectivity index (χ2n) is 10.3. The van der Waals surface area contributed by atoms with Crippen molar-refractivity contribution < 1.29 is 14.1 Å². The smallest absolute Gasteiger partial charge is 0.316 e. The second-order valence-corrected chi connectivity index (χ2v) is 10.3. The average Bonchev–Trinajstić information content (AvgIpc) is 3.68. The molecule has 1 N–H and O–H groups in total. The number of rotatable bonds is 7. The van der Waals surface area contributed by atoms with Crippen molar-refractivity contribution in [2.45, 2.75) is 57.4 Å². The van der Waals surface area contributed by atoms with E-state index in [2.05, 4.69) is 83.3 Å². The number of fused-ring (bicyclic) bond motifs is 1. The van der Waals surface area contributed by atoms with Crippen LogP contribution in [0.4, 0.5) is 5.69 Å². The maximum Gasteiger partial charge on any atom is 0.316 e. The van der Waals surface area contributed by atoms with Gasteiger partial charge in [-0.1, -0.05) is 78.0 Å². The Labute approximate surface area is 217 Å². The number of ether oxygens (including phenoxy) is 1. The maximum absolute atomic E-state index is 12.4. The molecule has 1 unspecified atom stereocenters. The molecule has 6 rings (SSSR count). The summed E-state index contributed by atoms with van der Waals surface area (Å²) in [7, 11) is 0. The van der Waals surface area contributed by atoms with Crippen LogP contribution in [0.15, 0.2) is 77.3 Å². The van der Waals surface area contributed by atoms with Crippen molar-refractivity contribution in [3.8, 4) is 22.5 Å². The SMILES string of the molecule is CCOC(=O)C1(c2ccc(-c3ccc(-c4onc(C)c4NC4CCc5ccccc5C4)cc3)cc2)CC1. The molecular formula is C32H32N2O3. The van der Waals surface area contributed by atoms with E-state index in [9.17, 15) is 4.79 Å². The number of hydrogen-bond acceptors (Lipinski definition) is 5. The van der Waals surface area contributed by atoms with Gasteiger partial charge in [0.1, 0.15) is 11.4 Å². The summed E-state index contributed by atoms with van der Waals surface area (Å²) in [6, 6.07) is 25.8. The first kappa shape index (κ1) is 23.5. The molecule has 0 radical (unpaired) electrons. The van der Waals surface area contributed by atoms with Gasteiger partial charge in [-0.3, -0.25) is 4.79 Å². The Morgan fingerprint density at radius 1 is 0.973 bits per heavy atom. The van der Waals surface area contributed by atoms with Crippen LogP contribution in [0.1, 0.15) is 48.6 Å². The van der Waals surface area contributed by atoms with Gasteiger partial charge in [0.25, 0.3) is 0 Å². The molecule has 0 spiro atoms. The molecule has 5 heteroatoms. The molecule has 2 aliphatic rings. The number of hydrogen-bond donors (Lipinski definition) is 1. The fourth-order valence-electron chi connectivity index (χ4n) is 5.56. The summed E-state index contributed by atoms with van der Waals surface area (Å²) in [4.78, 5) is 12.4. The lowest BCUT2D eigenvalue weighted by Crippen LogP contribution is -2.27. The van der Waals surface area contributed by atoms with Crippen molar-refractivity contribution >= 4 is 11.7 Å². The molecule has 1 heterocycles. The van der Waals surface area contributed by atoms with Gasteiger partial charge in [-0.25, -0.2) is 0 Å². The Bertz CT molecular complexity index is 1420. The molecule has 1 atom stereocenters. The largest absolute Gasteiger partial charge is 0.465 e. The number of nitrogens with zero attached hydrogens (tertiary/aromatic N) is 1. The summed E-state index contributed by atoms with van der Waals surface area (Å²) >= 11 is 0. The predicted octanol–water partition coefficient (Wildman–Crippen LogP) is 6.88. The molecule has 0 aliphatic heterocycles. The van der Waals surface area contributed by atoms with E-state index in [0.29, 0.717) is 12.6 Å². The summed E-state index contributed by atoms with van der Waals surface area (Å²) in [5.41, 5.74) is 8.58. The zero-order chi connectivity index (χ0) is 25.4. The number of esters is 1. The average molecular weight is 493 g/mol. The van der Waals surface area contributed by atoms with Gasteiger partial charge in [-0.2, -0.15) is 0 Å². The first-order chi connectivity index (χ1) is 18.1. The molecule has 1 fully saturated rings. The van der Waals surface area contributed by atoms with E-state index in [1.54, 1.807) is 0 Å². The molecule has 0 bridgehead atoms. The van der Waals surface area contributed by atoms with Gasteiger partial charge in [-0.15, -0.1) is 0 Å². The molecule has 0 amide bonds. The van der Waals surface area contributed by atoms with Crippen LogP contribution in [0.5, 0.6) is 0 Å². The van der Waals surface area contributed by atoms with Crippen LogP contribution < -0.4 is 5.32 Å². The lowest BCUT2D eigenvalue weighted by Gasteiger charge is -2.26.